The van der Waals surface area contributed by atoms with E-state index in [1.54, 1.807) is 6.26 Å². The van der Waals surface area contributed by atoms with Crippen LogP contribution in [-0.2, 0) is 0 Å². The zero-order valence-electron chi connectivity index (χ0n) is 17.7. The molecule has 0 radical (unpaired) electrons. The molecule has 0 bridgehead atoms. The Labute approximate surface area is 180 Å². The van der Waals surface area contributed by atoms with E-state index in [0.29, 0.717) is 0 Å². The minimum atomic E-state index is 0.0691. The van der Waals surface area contributed by atoms with E-state index in [1.807, 2.05) is 44.3 Å². The first kappa shape index (κ1) is 19.1. The monoisotopic (exact) mass is 409 g/mol. The molecular weight excluding hydrogens is 386 g/mol. The number of aromatic amines is 1. The molecule has 0 fully saturated rings. The fourth-order valence-electron chi connectivity index (χ4n) is 3.80. The number of fused-ring (bicyclic) bond motifs is 1. The summed E-state index contributed by atoms with van der Waals surface area (Å²) >= 11 is 0. The Bertz CT molecular complexity index is 1350. The molecule has 0 aliphatic heterocycles. The summed E-state index contributed by atoms with van der Waals surface area (Å²) in [6.45, 7) is 6.09. The van der Waals surface area contributed by atoms with Crippen molar-refractivity contribution in [2.24, 2.45) is 0 Å². The van der Waals surface area contributed by atoms with Gasteiger partial charge in [-0.25, -0.2) is 9.97 Å². The molecule has 31 heavy (non-hydrogen) atoms. The van der Waals surface area contributed by atoms with Crippen molar-refractivity contribution in [2.75, 3.05) is 5.32 Å². The molecule has 0 aliphatic rings. The van der Waals surface area contributed by atoms with Gasteiger partial charge in [-0.3, -0.25) is 5.10 Å². The number of aromatic nitrogens is 4. The number of benzene rings is 2. The predicted molar refractivity (Wildman–Crippen MR) is 123 cm³/mol. The maximum absolute atomic E-state index is 5.57. The average Bonchev–Trinajstić information content (AvgIpc) is 3.44. The third-order valence-electron chi connectivity index (χ3n) is 5.45. The Hall–Kier alpha value is -3.93. The highest BCUT2D eigenvalue weighted by Crippen LogP contribution is 2.29. The van der Waals surface area contributed by atoms with Crippen molar-refractivity contribution in [2.45, 2.75) is 26.8 Å². The number of hydrogen-bond acceptors (Lipinski definition) is 5. The van der Waals surface area contributed by atoms with Crippen molar-refractivity contribution < 1.29 is 4.42 Å². The Morgan fingerprint density at radius 2 is 1.81 bits per heavy atom. The van der Waals surface area contributed by atoms with E-state index in [4.69, 9.17) is 4.42 Å². The lowest BCUT2D eigenvalue weighted by atomic mass is 10.0. The molecule has 0 amide bonds. The average molecular weight is 409 g/mol. The summed E-state index contributed by atoms with van der Waals surface area (Å²) in [5, 5.41) is 11.8. The zero-order chi connectivity index (χ0) is 21.4. The van der Waals surface area contributed by atoms with Gasteiger partial charge in [0.05, 0.1) is 17.7 Å². The van der Waals surface area contributed by atoms with Gasteiger partial charge in [0.2, 0.25) is 0 Å². The summed E-state index contributed by atoms with van der Waals surface area (Å²) in [5.74, 6) is 1.52. The van der Waals surface area contributed by atoms with Crippen LogP contribution in [0.5, 0.6) is 0 Å². The van der Waals surface area contributed by atoms with Gasteiger partial charge >= 0.3 is 0 Å². The molecule has 3 aromatic heterocycles. The molecule has 1 atom stereocenters. The van der Waals surface area contributed by atoms with Gasteiger partial charge in [-0.1, -0.05) is 18.2 Å². The predicted octanol–water partition coefficient (Wildman–Crippen LogP) is 6.07. The Kier molecular flexibility index (Phi) is 4.75. The van der Waals surface area contributed by atoms with Crippen LogP contribution in [0.4, 0.5) is 5.82 Å². The number of H-pyrrole nitrogens is 1. The van der Waals surface area contributed by atoms with Crippen LogP contribution in [0, 0.1) is 13.8 Å². The van der Waals surface area contributed by atoms with Crippen LogP contribution in [-0.4, -0.2) is 20.2 Å². The molecule has 6 nitrogen and oxygen atoms in total. The highest BCUT2D eigenvalue weighted by Gasteiger charge is 2.12. The van der Waals surface area contributed by atoms with E-state index in [-0.39, 0.29) is 6.04 Å². The van der Waals surface area contributed by atoms with Gasteiger partial charge < -0.3 is 9.73 Å². The fourth-order valence-corrected chi connectivity index (χ4v) is 3.80. The number of hydrogen-bond donors (Lipinski definition) is 2. The van der Waals surface area contributed by atoms with E-state index in [0.717, 1.165) is 56.3 Å². The second-order valence-corrected chi connectivity index (χ2v) is 7.77. The minimum absolute atomic E-state index is 0.0691. The van der Waals surface area contributed by atoms with Crippen LogP contribution in [0.1, 0.15) is 29.9 Å². The third kappa shape index (κ3) is 3.80. The van der Waals surface area contributed by atoms with Crippen molar-refractivity contribution in [1.82, 2.24) is 20.2 Å². The lowest BCUT2D eigenvalue weighted by Gasteiger charge is -2.17. The van der Waals surface area contributed by atoms with E-state index in [2.05, 4.69) is 62.7 Å². The van der Waals surface area contributed by atoms with Crippen molar-refractivity contribution in [3.8, 4) is 22.5 Å². The largest absolute Gasteiger partial charge is 0.464 e. The SMILES string of the molecule is Cc1nc(NC(C)c2cccc(-c3cc[nH]n3)c2)cc(-c2ccc3occ(C)c3c2)n1. The van der Waals surface area contributed by atoms with Gasteiger partial charge in [0.1, 0.15) is 17.2 Å². The van der Waals surface area contributed by atoms with E-state index < -0.39 is 0 Å². The van der Waals surface area contributed by atoms with Crippen molar-refractivity contribution >= 4 is 16.8 Å². The van der Waals surface area contributed by atoms with Crippen LogP contribution in [0.3, 0.4) is 0 Å². The number of aryl methyl sites for hydroxylation is 2. The standard InChI is InChI=1S/C25H23N5O/c1-15-14-31-24-8-7-20(12-21(15)24)23-13-25(29-17(3)28-23)27-16(2)18-5-4-6-19(11-18)22-9-10-26-30-22/h4-14,16H,1-3H3,(H,26,30)(H,27,28,29). The number of nitrogens with one attached hydrogen (secondary N) is 2. The van der Waals surface area contributed by atoms with Crippen molar-refractivity contribution in [1.29, 1.82) is 0 Å². The lowest BCUT2D eigenvalue weighted by molar-refractivity contribution is 0.613. The Balaban J connectivity index is 1.44. The molecule has 2 aromatic carbocycles. The van der Waals surface area contributed by atoms with E-state index in [1.165, 1.54) is 0 Å². The molecule has 0 spiro atoms. The first-order chi connectivity index (χ1) is 15.1. The first-order valence-corrected chi connectivity index (χ1v) is 10.3. The van der Waals surface area contributed by atoms with Gasteiger partial charge in [0.25, 0.3) is 0 Å². The van der Waals surface area contributed by atoms with Gasteiger partial charge in [-0.15, -0.1) is 0 Å². The van der Waals surface area contributed by atoms with Crippen LogP contribution in [0.2, 0.25) is 0 Å². The molecule has 3 heterocycles. The number of rotatable bonds is 5. The molecule has 2 N–H and O–H groups in total. The van der Waals surface area contributed by atoms with Crippen molar-refractivity contribution in [3.63, 3.8) is 0 Å². The summed E-state index contributed by atoms with van der Waals surface area (Å²) in [6.07, 6.45) is 3.61. The zero-order valence-corrected chi connectivity index (χ0v) is 17.7. The number of furan rings is 1. The van der Waals surface area contributed by atoms with Crippen LogP contribution in [0.25, 0.3) is 33.5 Å². The van der Waals surface area contributed by atoms with Crippen LogP contribution < -0.4 is 5.32 Å². The maximum atomic E-state index is 5.57. The van der Waals surface area contributed by atoms with Gasteiger partial charge in [-0.05, 0) is 62.2 Å². The van der Waals surface area contributed by atoms with Crippen molar-refractivity contribution in [3.05, 3.63) is 84.0 Å². The number of anilines is 1. The number of nitrogens with zero attached hydrogens (tertiary/aromatic N) is 3. The first-order valence-electron chi connectivity index (χ1n) is 10.3. The maximum Gasteiger partial charge on any atom is 0.134 e. The normalized spacial score (nSPS) is 12.2. The molecule has 0 saturated heterocycles. The summed E-state index contributed by atoms with van der Waals surface area (Å²) in [6, 6.07) is 18.6. The summed E-state index contributed by atoms with van der Waals surface area (Å²) in [4.78, 5) is 9.27. The lowest BCUT2D eigenvalue weighted by Crippen LogP contribution is -2.09. The second kappa shape index (κ2) is 7.72. The summed E-state index contributed by atoms with van der Waals surface area (Å²) in [7, 11) is 0. The third-order valence-corrected chi connectivity index (χ3v) is 5.45. The highest BCUT2D eigenvalue weighted by molar-refractivity contribution is 5.85. The summed E-state index contributed by atoms with van der Waals surface area (Å²) in [5.41, 5.74) is 7.10. The smallest absolute Gasteiger partial charge is 0.134 e. The molecule has 6 heteroatoms. The minimum Gasteiger partial charge on any atom is -0.464 e. The van der Waals surface area contributed by atoms with Crippen LogP contribution >= 0.6 is 0 Å². The van der Waals surface area contributed by atoms with E-state index in [9.17, 15) is 0 Å². The van der Waals surface area contributed by atoms with Gasteiger partial charge in [0.15, 0.2) is 0 Å². The van der Waals surface area contributed by atoms with Gasteiger partial charge in [0, 0.05) is 34.8 Å². The molecule has 1 unspecified atom stereocenters. The molecule has 5 rings (SSSR count). The molecule has 154 valence electrons. The van der Waals surface area contributed by atoms with Crippen LogP contribution in [0.15, 0.2) is 71.5 Å². The Morgan fingerprint density at radius 1 is 0.935 bits per heavy atom. The van der Waals surface area contributed by atoms with Gasteiger partial charge in [-0.2, -0.15) is 5.10 Å². The fraction of sp³-hybridized carbons (Fsp3) is 0.160. The highest BCUT2D eigenvalue weighted by atomic mass is 16.3. The summed E-state index contributed by atoms with van der Waals surface area (Å²) < 4.78 is 5.57. The molecule has 0 saturated carbocycles. The quantitative estimate of drug-likeness (QED) is 0.368. The topological polar surface area (TPSA) is 79.6 Å². The molecule has 0 aliphatic carbocycles. The second-order valence-electron chi connectivity index (χ2n) is 7.77. The molecular formula is C25H23N5O. The van der Waals surface area contributed by atoms with E-state index >= 15 is 0 Å². The molecule has 5 aromatic rings. The Morgan fingerprint density at radius 3 is 2.65 bits per heavy atom.